The van der Waals surface area contributed by atoms with E-state index in [1.165, 1.54) is 24.9 Å². The number of aryl methyl sites for hydroxylation is 1. The maximum absolute atomic E-state index is 9.12. The molecule has 0 N–H and O–H groups in total. The second-order valence-electron chi connectivity index (χ2n) is 7.45. The Bertz CT molecular complexity index is 758. The third-order valence-electron chi connectivity index (χ3n) is 5.71. The molecule has 27 heavy (non-hydrogen) atoms. The number of rotatable bonds is 7. The largest absolute Gasteiger partial charge is 0.354 e. The van der Waals surface area contributed by atoms with Gasteiger partial charge in [-0.1, -0.05) is 25.1 Å². The van der Waals surface area contributed by atoms with Crippen LogP contribution in [0.4, 0.5) is 5.82 Å². The van der Waals surface area contributed by atoms with E-state index in [2.05, 4.69) is 52.0 Å². The summed E-state index contributed by atoms with van der Waals surface area (Å²) < 4.78 is 0. The van der Waals surface area contributed by atoms with Crippen LogP contribution in [0.3, 0.4) is 0 Å². The predicted molar refractivity (Wildman–Crippen MR) is 111 cm³/mol. The Kier molecular flexibility index (Phi) is 6.84. The van der Waals surface area contributed by atoms with Gasteiger partial charge in [-0.15, -0.1) is 0 Å². The van der Waals surface area contributed by atoms with Crippen molar-refractivity contribution in [2.75, 3.05) is 37.6 Å². The molecule has 142 valence electrons. The fourth-order valence-electron chi connectivity index (χ4n) is 3.98. The molecule has 0 aliphatic carbocycles. The van der Waals surface area contributed by atoms with Crippen molar-refractivity contribution in [3.05, 3.63) is 59.3 Å². The van der Waals surface area contributed by atoms with Crippen LogP contribution in [0.25, 0.3) is 0 Å². The third kappa shape index (κ3) is 5.08. The molecule has 1 saturated heterocycles. The SMILES string of the molecule is CCC(CCCN1CCN(c2ccccn2)CC1)c1ccc(C#N)c(C)c1. The van der Waals surface area contributed by atoms with E-state index in [9.17, 15) is 0 Å². The molecule has 1 aliphatic heterocycles. The number of benzene rings is 1. The van der Waals surface area contributed by atoms with Crippen molar-refractivity contribution in [3.8, 4) is 6.07 Å². The quantitative estimate of drug-likeness (QED) is 0.734. The van der Waals surface area contributed by atoms with Crippen molar-refractivity contribution >= 4 is 5.82 Å². The standard InChI is InChI=1S/C23H30N4/c1-3-20(21-9-10-22(18-24)19(2)17-21)7-6-12-26-13-15-27(16-14-26)23-8-4-5-11-25-23/h4-5,8-11,17,20H,3,6-7,12-16H2,1-2H3. The summed E-state index contributed by atoms with van der Waals surface area (Å²) in [6, 6.07) is 14.7. The Morgan fingerprint density at radius 3 is 2.59 bits per heavy atom. The predicted octanol–water partition coefficient (Wildman–Crippen LogP) is 4.36. The highest BCUT2D eigenvalue weighted by Crippen LogP contribution is 2.26. The lowest BCUT2D eigenvalue weighted by atomic mass is 9.90. The molecule has 3 rings (SSSR count). The van der Waals surface area contributed by atoms with Crippen LogP contribution in [0.5, 0.6) is 0 Å². The van der Waals surface area contributed by atoms with E-state index in [-0.39, 0.29) is 0 Å². The molecule has 0 spiro atoms. The monoisotopic (exact) mass is 362 g/mol. The van der Waals surface area contributed by atoms with Crippen LogP contribution in [-0.4, -0.2) is 42.6 Å². The molecule has 1 atom stereocenters. The first-order valence-corrected chi connectivity index (χ1v) is 10.1. The molecule has 4 heteroatoms. The molecule has 1 aromatic heterocycles. The topological polar surface area (TPSA) is 43.2 Å². The molecule has 0 amide bonds. The van der Waals surface area contributed by atoms with Crippen LogP contribution in [0.2, 0.25) is 0 Å². The Hall–Kier alpha value is -2.38. The number of nitrogens with zero attached hydrogens (tertiary/aromatic N) is 4. The van der Waals surface area contributed by atoms with E-state index >= 15 is 0 Å². The smallest absolute Gasteiger partial charge is 0.128 e. The average Bonchev–Trinajstić information content (AvgIpc) is 2.72. The van der Waals surface area contributed by atoms with Crippen molar-refractivity contribution < 1.29 is 0 Å². The molecule has 2 heterocycles. The van der Waals surface area contributed by atoms with Gasteiger partial charge >= 0.3 is 0 Å². The molecular formula is C23H30N4. The van der Waals surface area contributed by atoms with Gasteiger partial charge in [0.25, 0.3) is 0 Å². The van der Waals surface area contributed by atoms with Gasteiger partial charge in [0.2, 0.25) is 0 Å². The van der Waals surface area contributed by atoms with Gasteiger partial charge in [0.05, 0.1) is 11.6 Å². The van der Waals surface area contributed by atoms with Gasteiger partial charge in [0.15, 0.2) is 0 Å². The third-order valence-corrected chi connectivity index (χ3v) is 5.71. The maximum atomic E-state index is 9.12. The van der Waals surface area contributed by atoms with Crippen molar-refractivity contribution in [2.24, 2.45) is 0 Å². The first kappa shape index (κ1) is 19.4. The molecule has 1 fully saturated rings. The summed E-state index contributed by atoms with van der Waals surface area (Å²) in [7, 11) is 0. The Morgan fingerprint density at radius 2 is 1.96 bits per heavy atom. The minimum atomic E-state index is 0.589. The lowest BCUT2D eigenvalue weighted by Gasteiger charge is -2.35. The zero-order chi connectivity index (χ0) is 19.1. The van der Waals surface area contributed by atoms with Gasteiger partial charge < -0.3 is 4.90 Å². The van der Waals surface area contributed by atoms with Gasteiger partial charge in [0.1, 0.15) is 5.82 Å². The molecule has 2 aromatic rings. The second-order valence-corrected chi connectivity index (χ2v) is 7.45. The molecule has 0 radical (unpaired) electrons. The summed E-state index contributed by atoms with van der Waals surface area (Å²) in [6.45, 7) is 9.82. The number of hydrogen-bond donors (Lipinski definition) is 0. The van der Waals surface area contributed by atoms with Gasteiger partial charge in [-0.3, -0.25) is 4.90 Å². The van der Waals surface area contributed by atoms with Gasteiger partial charge in [-0.05, 0) is 68.0 Å². The van der Waals surface area contributed by atoms with Crippen molar-refractivity contribution in [1.82, 2.24) is 9.88 Å². The van der Waals surface area contributed by atoms with Crippen LogP contribution in [-0.2, 0) is 0 Å². The van der Waals surface area contributed by atoms with E-state index in [1.807, 2.05) is 25.3 Å². The Balaban J connectivity index is 1.45. The van der Waals surface area contributed by atoms with Crippen molar-refractivity contribution in [1.29, 1.82) is 5.26 Å². The first-order chi connectivity index (χ1) is 13.2. The lowest BCUT2D eigenvalue weighted by Crippen LogP contribution is -2.46. The fraction of sp³-hybridized carbons (Fsp3) is 0.478. The highest BCUT2D eigenvalue weighted by Gasteiger charge is 2.18. The van der Waals surface area contributed by atoms with Crippen LogP contribution in [0, 0.1) is 18.3 Å². The zero-order valence-corrected chi connectivity index (χ0v) is 16.6. The van der Waals surface area contributed by atoms with Crippen LogP contribution < -0.4 is 4.90 Å². The number of aromatic nitrogens is 1. The van der Waals surface area contributed by atoms with Crippen LogP contribution in [0.15, 0.2) is 42.6 Å². The highest BCUT2D eigenvalue weighted by molar-refractivity contribution is 5.40. The molecule has 0 bridgehead atoms. The van der Waals surface area contributed by atoms with Crippen molar-refractivity contribution in [2.45, 2.75) is 39.0 Å². The second kappa shape index (κ2) is 9.53. The van der Waals surface area contributed by atoms with Crippen LogP contribution in [0.1, 0.15) is 48.8 Å². The number of hydrogen-bond acceptors (Lipinski definition) is 4. The Labute approximate surface area is 163 Å². The first-order valence-electron chi connectivity index (χ1n) is 10.1. The molecule has 1 aromatic carbocycles. The number of nitriles is 1. The van der Waals surface area contributed by atoms with E-state index in [0.717, 1.165) is 49.5 Å². The summed E-state index contributed by atoms with van der Waals surface area (Å²) in [5.41, 5.74) is 3.27. The van der Waals surface area contributed by atoms with E-state index in [1.54, 1.807) is 0 Å². The summed E-state index contributed by atoms with van der Waals surface area (Å²) in [4.78, 5) is 9.42. The molecule has 0 saturated carbocycles. The van der Waals surface area contributed by atoms with Crippen molar-refractivity contribution in [3.63, 3.8) is 0 Å². The number of anilines is 1. The summed E-state index contributed by atoms with van der Waals surface area (Å²) in [5, 5.41) is 9.12. The molecular weight excluding hydrogens is 332 g/mol. The van der Waals surface area contributed by atoms with E-state index in [0.29, 0.717) is 5.92 Å². The summed E-state index contributed by atoms with van der Waals surface area (Å²) >= 11 is 0. The minimum absolute atomic E-state index is 0.589. The van der Waals surface area contributed by atoms with Gasteiger partial charge in [-0.25, -0.2) is 4.98 Å². The lowest BCUT2D eigenvalue weighted by molar-refractivity contribution is 0.249. The highest BCUT2D eigenvalue weighted by atomic mass is 15.3. The van der Waals surface area contributed by atoms with E-state index in [4.69, 9.17) is 5.26 Å². The Morgan fingerprint density at radius 1 is 1.15 bits per heavy atom. The zero-order valence-electron chi connectivity index (χ0n) is 16.6. The fourth-order valence-corrected chi connectivity index (χ4v) is 3.98. The van der Waals surface area contributed by atoms with Gasteiger partial charge in [0, 0.05) is 32.4 Å². The maximum Gasteiger partial charge on any atom is 0.128 e. The molecule has 1 aliphatic rings. The molecule has 4 nitrogen and oxygen atoms in total. The number of piperazine rings is 1. The van der Waals surface area contributed by atoms with Crippen LogP contribution >= 0.6 is 0 Å². The van der Waals surface area contributed by atoms with E-state index < -0.39 is 0 Å². The summed E-state index contributed by atoms with van der Waals surface area (Å²) in [5.74, 6) is 1.69. The molecule has 1 unspecified atom stereocenters. The average molecular weight is 363 g/mol. The minimum Gasteiger partial charge on any atom is -0.354 e. The number of pyridine rings is 1. The van der Waals surface area contributed by atoms with Gasteiger partial charge in [-0.2, -0.15) is 5.26 Å². The normalized spacial score (nSPS) is 16.1. The summed E-state index contributed by atoms with van der Waals surface area (Å²) in [6.07, 6.45) is 5.46.